The average molecular weight is 308 g/mol. The first-order valence-electron chi connectivity index (χ1n) is 6.75. The second-order valence-corrected chi connectivity index (χ2v) is 5.50. The van der Waals surface area contributed by atoms with Crippen molar-refractivity contribution in [3.05, 3.63) is 63.4 Å². The zero-order valence-electron chi connectivity index (χ0n) is 12.6. The second-order valence-electron chi connectivity index (χ2n) is 5.07. The molecule has 112 valence electrons. The predicted molar refractivity (Wildman–Crippen MR) is 84.8 cm³/mol. The average Bonchev–Trinajstić information content (AvgIpc) is 2.45. The van der Waals surface area contributed by atoms with Crippen LogP contribution < -0.4 is 10.1 Å². The summed E-state index contributed by atoms with van der Waals surface area (Å²) in [6, 6.07) is 8.54. The van der Waals surface area contributed by atoms with E-state index < -0.39 is 0 Å². The van der Waals surface area contributed by atoms with E-state index in [0.29, 0.717) is 10.6 Å². The fourth-order valence-electron chi connectivity index (χ4n) is 2.56. The number of hydrogen-bond acceptors (Lipinski definition) is 2. The van der Waals surface area contributed by atoms with Gasteiger partial charge in [-0.15, -0.1) is 0 Å². The summed E-state index contributed by atoms with van der Waals surface area (Å²) in [6.07, 6.45) is 0. The van der Waals surface area contributed by atoms with Crippen LogP contribution in [0.1, 0.15) is 28.3 Å². The Bertz CT molecular complexity index is 657. The third-order valence-electron chi connectivity index (χ3n) is 3.66. The molecule has 2 aromatic rings. The summed E-state index contributed by atoms with van der Waals surface area (Å²) in [7, 11) is 3.47. The molecular weight excluding hydrogens is 289 g/mol. The van der Waals surface area contributed by atoms with E-state index in [1.165, 1.54) is 6.07 Å². The van der Waals surface area contributed by atoms with Gasteiger partial charge in [-0.05, 0) is 55.8 Å². The Balaban J connectivity index is 2.53. The smallest absolute Gasteiger partial charge is 0.129 e. The molecule has 0 fully saturated rings. The van der Waals surface area contributed by atoms with Crippen LogP contribution in [-0.2, 0) is 0 Å². The van der Waals surface area contributed by atoms with E-state index in [0.717, 1.165) is 22.4 Å². The highest BCUT2D eigenvalue weighted by atomic mass is 35.5. The van der Waals surface area contributed by atoms with Gasteiger partial charge in [0, 0.05) is 10.6 Å². The van der Waals surface area contributed by atoms with Crippen LogP contribution in [0.5, 0.6) is 5.75 Å². The van der Waals surface area contributed by atoms with Gasteiger partial charge in [0.25, 0.3) is 0 Å². The first-order chi connectivity index (χ1) is 9.97. The fourth-order valence-corrected chi connectivity index (χ4v) is 2.72. The van der Waals surface area contributed by atoms with Gasteiger partial charge in [-0.1, -0.05) is 23.7 Å². The summed E-state index contributed by atoms with van der Waals surface area (Å²) in [6.45, 7) is 3.97. The van der Waals surface area contributed by atoms with Crippen molar-refractivity contribution in [3.8, 4) is 5.75 Å². The van der Waals surface area contributed by atoms with Crippen LogP contribution in [0.15, 0.2) is 30.3 Å². The zero-order chi connectivity index (χ0) is 15.6. The van der Waals surface area contributed by atoms with Crippen LogP contribution in [0.3, 0.4) is 0 Å². The van der Waals surface area contributed by atoms with E-state index in [4.69, 9.17) is 16.3 Å². The molecule has 2 rings (SSSR count). The molecule has 0 heterocycles. The van der Waals surface area contributed by atoms with Crippen LogP contribution in [0.4, 0.5) is 4.39 Å². The van der Waals surface area contributed by atoms with Crippen LogP contribution in [-0.4, -0.2) is 14.2 Å². The Morgan fingerprint density at radius 3 is 2.38 bits per heavy atom. The Morgan fingerprint density at radius 2 is 1.81 bits per heavy atom. The number of methoxy groups -OCH3 is 1. The van der Waals surface area contributed by atoms with Crippen molar-refractivity contribution in [1.29, 1.82) is 0 Å². The van der Waals surface area contributed by atoms with E-state index in [1.54, 1.807) is 19.2 Å². The van der Waals surface area contributed by atoms with Crippen LogP contribution in [0, 0.1) is 19.7 Å². The fraction of sp³-hybridized carbons (Fsp3) is 0.294. The summed E-state index contributed by atoms with van der Waals surface area (Å²) in [5.74, 6) is 0.525. The molecule has 4 heteroatoms. The third-order valence-corrected chi connectivity index (χ3v) is 3.89. The number of hydrogen-bond donors (Lipinski definition) is 1. The molecule has 0 aromatic heterocycles. The topological polar surface area (TPSA) is 21.3 Å². The lowest BCUT2D eigenvalue weighted by molar-refractivity contribution is 0.411. The molecule has 21 heavy (non-hydrogen) atoms. The third kappa shape index (κ3) is 3.20. The van der Waals surface area contributed by atoms with Gasteiger partial charge >= 0.3 is 0 Å². The summed E-state index contributed by atoms with van der Waals surface area (Å²) in [4.78, 5) is 0. The van der Waals surface area contributed by atoms with Gasteiger partial charge in [0.1, 0.15) is 11.6 Å². The Hall–Kier alpha value is -1.58. The summed E-state index contributed by atoms with van der Waals surface area (Å²) >= 11 is 5.83. The normalized spacial score (nSPS) is 12.3. The molecule has 0 saturated carbocycles. The molecule has 0 saturated heterocycles. The first-order valence-corrected chi connectivity index (χ1v) is 7.13. The maximum atomic E-state index is 14.2. The molecule has 0 spiro atoms. The molecule has 1 atom stereocenters. The quantitative estimate of drug-likeness (QED) is 0.903. The van der Waals surface area contributed by atoms with Gasteiger partial charge < -0.3 is 10.1 Å². The lowest BCUT2D eigenvalue weighted by Crippen LogP contribution is -2.20. The van der Waals surface area contributed by atoms with Gasteiger partial charge in [0.05, 0.1) is 13.2 Å². The maximum absolute atomic E-state index is 14.2. The first kappa shape index (κ1) is 15.8. The van der Waals surface area contributed by atoms with E-state index in [9.17, 15) is 4.39 Å². The summed E-state index contributed by atoms with van der Waals surface area (Å²) < 4.78 is 19.5. The highest BCUT2D eigenvalue weighted by Crippen LogP contribution is 2.31. The molecule has 1 unspecified atom stereocenters. The van der Waals surface area contributed by atoms with Crippen molar-refractivity contribution in [2.24, 2.45) is 0 Å². The molecule has 1 N–H and O–H groups in total. The van der Waals surface area contributed by atoms with Gasteiger partial charge in [0.15, 0.2) is 0 Å². The van der Waals surface area contributed by atoms with E-state index in [-0.39, 0.29) is 11.9 Å². The number of ether oxygens (including phenoxy) is 1. The van der Waals surface area contributed by atoms with Crippen molar-refractivity contribution in [2.75, 3.05) is 14.2 Å². The number of aryl methyl sites for hydroxylation is 2. The van der Waals surface area contributed by atoms with Crippen LogP contribution >= 0.6 is 11.6 Å². The van der Waals surface area contributed by atoms with E-state index >= 15 is 0 Å². The molecule has 2 aromatic carbocycles. The lowest BCUT2D eigenvalue weighted by atomic mass is 9.93. The monoisotopic (exact) mass is 307 g/mol. The number of halogens is 2. The number of nitrogens with one attached hydrogen (secondary N) is 1. The molecule has 0 bridgehead atoms. The molecular formula is C17H19ClFNO. The van der Waals surface area contributed by atoms with Crippen molar-refractivity contribution in [1.82, 2.24) is 5.32 Å². The van der Waals surface area contributed by atoms with E-state index in [2.05, 4.69) is 5.32 Å². The highest BCUT2D eigenvalue weighted by molar-refractivity contribution is 6.30. The Labute approximate surface area is 129 Å². The summed E-state index contributed by atoms with van der Waals surface area (Å²) in [5, 5.41) is 3.57. The summed E-state index contributed by atoms with van der Waals surface area (Å²) in [5.41, 5.74) is 3.67. The molecule has 0 radical (unpaired) electrons. The Kier molecular flexibility index (Phi) is 4.86. The second kappa shape index (κ2) is 6.46. The number of rotatable bonds is 4. The highest BCUT2D eigenvalue weighted by Gasteiger charge is 2.19. The van der Waals surface area contributed by atoms with Crippen molar-refractivity contribution < 1.29 is 9.13 Å². The predicted octanol–water partition coefficient (Wildman–Crippen LogP) is 4.41. The molecule has 0 aliphatic carbocycles. The van der Waals surface area contributed by atoms with E-state index in [1.807, 2.05) is 33.0 Å². The zero-order valence-corrected chi connectivity index (χ0v) is 13.4. The maximum Gasteiger partial charge on any atom is 0.129 e. The minimum Gasteiger partial charge on any atom is -0.496 e. The van der Waals surface area contributed by atoms with Gasteiger partial charge in [-0.2, -0.15) is 0 Å². The Morgan fingerprint density at radius 1 is 1.10 bits per heavy atom. The standard InChI is InChI=1S/C17H19ClFNO/c1-10-8-16(21-4)11(2)7-14(10)17(20-3)13-6-5-12(18)9-15(13)19/h5-9,17,20H,1-4H3. The van der Waals surface area contributed by atoms with Crippen LogP contribution in [0.25, 0.3) is 0 Å². The lowest BCUT2D eigenvalue weighted by Gasteiger charge is -2.21. The van der Waals surface area contributed by atoms with Crippen molar-refractivity contribution in [3.63, 3.8) is 0 Å². The largest absolute Gasteiger partial charge is 0.496 e. The SMILES string of the molecule is CNC(c1cc(C)c(OC)cc1C)c1ccc(Cl)cc1F. The van der Waals surface area contributed by atoms with Gasteiger partial charge in [0.2, 0.25) is 0 Å². The molecule has 0 aliphatic rings. The van der Waals surface area contributed by atoms with Crippen molar-refractivity contribution in [2.45, 2.75) is 19.9 Å². The molecule has 0 aliphatic heterocycles. The van der Waals surface area contributed by atoms with Crippen LogP contribution in [0.2, 0.25) is 5.02 Å². The molecule has 0 amide bonds. The van der Waals surface area contributed by atoms with Gasteiger partial charge in [-0.3, -0.25) is 0 Å². The van der Waals surface area contributed by atoms with Crippen molar-refractivity contribution >= 4 is 11.6 Å². The molecule has 2 nitrogen and oxygen atoms in total. The minimum atomic E-state index is -0.310. The van der Waals surface area contributed by atoms with Gasteiger partial charge in [-0.25, -0.2) is 4.39 Å². The minimum absolute atomic E-state index is 0.230. The number of benzene rings is 2.